The number of hydrogen-bond acceptors (Lipinski definition) is 5. The Balaban J connectivity index is 2.00. The highest BCUT2D eigenvalue weighted by Gasteiger charge is 2.20. The first-order chi connectivity index (χ1) is 10.1. The third kappa shape index (κ3) is 4.29. The summed E-state index contributed by atoms with van der Waals surface area (Å²) in [6, 6.07) is 6.73. The highest BCUT2D eigenvalue weighted by molar-refractivity contribution is 6.40. The Morgan fingerprint density at radius 3 is 2.67 bits per heavy atom. The number of rotatable bonds is 5. The second-order valence-corrected chi connectivity index (χ2v) is 5.20. The SMILES string of the molecule is CCOC(=O)C(=O)c1cccc(OC2CCN(C)CC2)c1. The minimum Gasteiger partial charge on any atom is -0.490 e. The van der Waals surface area contributed by atoms with Crippen LogP contribution in [0.5, 0.6) is 5.75 Å². The largest absolute Gasteiger partial charge is 0.490 e. The fourth-order valence-electron chi connectivity index (χ4n) is 2.32. The van der Waals surface area contributed by atoms with Crippen molar-refractivity contribution in [2.24, 2.45) is 0 Å². The number of Topliss-reactive ketones (excluding diaryl/α,β-unsaturated/α-hetero) is 1. The lowest BCUT2D eigenvalue weighted by molar-refractivity contribution is -0.137. The normalized spacial score (nSPS) is 16.5. The number of carbonyl (C=O) groups is 2. The van der Waals surface area contributed by atoms with Crippen LogP contribution in [0.25, 0.3) is 0 Å². The number of carbonyl (C=O) groups excluding carboxylic acids is 2. The summed E-state index contributed by atoms with van der Waals surface area (Å²) in [7, 11) is 2.09. The molecule has 0 unspecified atom stereocenters. The number of nitrogens with zero attached hydrogens (tertiary/aromatic N) is 1. The van der Waals surface area contributed by atoms with Crippen LogP contribution in [0.2, 0.25) is 0 Å². The summed E-state index contributed by atoms with van der Waals surface area (Å²) in [5.41, 5.74) is 0.305. The van der Waals surface area contributed by atoms with Crippen molar-refractivity contribution in [2.75, 3.05) is 26.7 Å². The predicted molar refractivity (Wildman–Crippen MR) is 78.6 cm³/mol. The number of piperidine rings is 1. The quantitative estimate of drug-likeness (QED) is 0.471. The van der Waals surface area contributed by atoms with Crippen LogP contribution < -0.4 is 4.74 Å². The molecule has 0 amide bonds. The molecule has 5 heteroatoms. The van der Waals surface area contributed by atoms with Crippen molar-refractivity contribution in [1.29, 1.82) is 0 Å². The standard InChI is InChI=1S/C16H21NO4/c1-3-20-16(19)15(18)12-5-4-6-14(11-12)21-13-7-9-17(2)10-8-13/h4-6,11,13H,3,7-10H2,1-2H3. The summed E-state index contributed by atoms with van der Waals surface area (Å²) in [6.45, 7) is 3.87. The molecule has 1 saturated heterocycles. The topological polar surface area (TPSA) is 55.8 Å². The van der Waals surface area contributed by atoms with Crippen LogP contribution >= 0.6 is 0 Å². The molecule has 0 radical (unpaired) electrons. The zero-order chi connectivity index (χ0) is 15.2. The van der Waals surface area contributed by atoms with Crippen LogP contribution in [-0.2, 0) is 9.53 Å². The van der Waals surface area contributed by atoms with E-state index in [2.05, 4.69) is 11.9 Å². The Morgan fingerprint density at radius 2 is 2.00 bits per heavy atom. The molecule has 21 heavy (non-hydrogen) atoms. The monoisotopic (exact) mass is 291 g/mol. The second-order valence-electron chi connectivity index (χ2n) is 5.20. The van der Waals surface area contributed by atoms with Crippen molar-refractivity contribution in [3.63, 3.8) is 0 Å². The molecule has 1 aliphatic heterocycles. The van der Waals surface area contributed by atoms with E-state index in [4.69, 9.17) is 9.47 Å². The van der Waals surface area contributed by atoms with E-state index in [0.29, 0.717) is 11.3 Å². The molecular formula is C16H21NO4. The molecule has 0 spiro atoms. The molecule has 2 rings (SSSR count). The number of ether oxygens (including phenoxy) is 2. The molecule has 0 bridgehead atoms. The summed E-state index contributed by atoms with van der Waals surface area (Å²) in [4.78, 5) is 25.6. The van der Waals surface area contributed by atoms with Crippen molar-refractivity contribution < 1.29 is 19.1 Å². The molecule has 5 nitrogen and oxygen atoms in total. The minimum atomic E-state index is -0.825. The van der Waals surface area contributed by atoms with E-state index >= 15 is 0 Å². The fourth-order valence-corrected chi connectivity index (χ4v) is 2.32. The van der Waals surface area contributed by atoms with Gasteiger partial charge in [-0.3, -0.25) is 4.79 Å². The van der Waals surface area contributed by atoms with E-state index in [1.165, 1.54) is 0 Å². The second kappa shape index (κ2) is 7.22. The van der Waals surface area contributed by atoms with Gasteiger partial charge in [0.05, 0.1) is 6.61 Å². The van der Waals surface area contributed by atoms with Crippen LogP contribution in [0.4, 0.5) is 0 Å². The summed E-state index contributed by atoms with van der Waals surface area (Å²) in [5.74, 6) is -0.834. The molecule has 0 N–H and O–H groups in total. The highest BCUT2D eigenvalue weighted by atomic mass is 16.5. The summed E-state index contributed by atoms with van der Waals surface area (Å²) in [6.07, 6.45) is 2.09. The molecule has 0 aromatic heterocycles. The fraction of sp³-hybridized carbons (Fsp3) is 0.500. The molecule has 1 aromatic rings. The predicted octanol–water partition coefficient (Wildman–Crippen LogP) is 1.91. The van der Waals surface area contributed by atoms with Crippen LogP contribution in [0.1, 0.15) is 30.1 Å². The zero-order valence-electron chi connectivity index (χ0n) is 12.5. The molecule has 0 aliphatic carbocycles. The first kappa shape index (κ1) is 15.5. The van der Waals surface area contributed by atoms with E-state index < -0.39 is 11.8 Å². The Morgan fingerprint density at radius 1 is 1.29 bits per heavy atom. The van der Waals surface area contributed by atoms with Crippen molar-refractivity contribution >= 4 is 11.8 Å². The van der Waals surface area contributed by atoms with Crippen LogP contribution in [0.15, 0.2) is 24.3 Å². The lowest BCUT2D eigenvalue weighted by atomic mass is 10.1. The van der Waals surface area contributed by atoms with E-state index in [1.54, 1.807) is 31.2 Å². The Kier molecular flexibility index (Phi) is 5.33. The summed E-state index contributed by atoms with van der Waals surface area (Å²) in [5, 5.41) is 0. The lowest BCUT2D eigenvalue weighted by Crippen LogP contribution is -2.35. The molecule has 1 heterocycles. The maximum atomic E-state index is 11.9. The Bertz CT molecular complexity index is 507. The third-order valence-corrected chi connectivity index (χ3v) is 3.53. The van der Waals surface area contributed by atoms with E-state index in [0.717, 1.165) is 25.9 Å². The van der Waals surface area contributed by atoms with E-state index in [1.807, 2.05) is 0 Å². The number of hydrogen-bond donors (Lipinski definition) is 0. The Labute approximate surface area is 124 Å². The van der Waals surface area contributed by atoms with Gasteiger partial charge in [0.25, 0.3) is 5.78 Å². The molecule has 114 valence electrons. The summed E-state index contributed by atoms with van der Waals surface area (Å²) < 4.78 is 10.6. The average molecular weight is 291 g/mol. The van der Waals surface area contributed by atoms with Crippen LogP contribution in [0, 0.1) is 0 Å². The van der Waals surface area contributed by atoms with Crippen molar-refractivity contribution in [3.05, 3.63) is 29.8 Å². The van der Waals surface area contributed by atoms with Gasteiger partial charge in [-0.15, -0.1) is 0 Å². The first-order valence-electron chi connectivity index (χ1n) is 7.27. The van der Waals surface area contributed by atoms with Crippen molar-refractivity contribution in [2.45, 2.75) is 25.9 Å². The molecule has 1 fully saturated rings. The van der Waals surface area contributed by atoms with Gasteiger partial charge in [-0.25, -0.2) is 4.79 Å². The highest BCUT2D eigenvalue weighted by Crippen LogP contribution is 2.20. The molecular weight excluding hydrogens is 270 g/mol. The smallest absolute Gasteiger partial charge is 0.379 e. The van der Waals surface area contributed by atoms with Gasteiger partial charge in [0.15, 0.2) is 0 Å². The maximum Gasteiger partial charge on any atom is 0.379 e. The molecule has 0 atom stereocenters. The third-order valence-electron chi connectivity index (χ3n) is 3.53. The first-order valence-corrected chi connectivity index (χ1v) is 7.27. The lowest BCUT2D eigenvalue weighted by Gasteiger charge is -2.29. The van der Waals surface area contributed by atoms with Gasteiger partial charge < -0.3 is 14.4 Å². The minimum absolute atomic E-state index is 0.161. The van der Waals surface area contributed by atoms with Gasteiger partial charge in [-0.1, -0.05) is 12.1 Å². The number of ketones is 1. The Hall–Kier alpha value is -1.88. The van der Waals surface area contributed by atoms with E-state index in [-0.39, 0.29) is 12.7 Å². The van der Waals surface area contributed by atoms with Gasteiger partial charge in [-0.05, 0) is 38.9 Å². The van der Waals surface area contributed by atoms with Crippen molar-refractivity contribution in [3.8, 4) is 5.75 Å². The van der Waals surface area contributed by atoms with Gasteiger partial charge in [0, 0.05) is 18.7 Å². The maximum absolute atomic E-state index is 11.9. The number of likely N-dealkylation sites (tertiary alicyclic amines) is 1. The average Bonchev–Trinajstić information content (AvgIpc) is 2.49. The van der Waals surface area contributed by atoms with Crippen LogP contribution in [0.3, 0.4) is 0 Å². The van der Waals surface area contributed by atoms with Crippen molar-refractivity contribution in [1.82, 2.24) is 4.90 Å². The summed E-state index contributed by atoms with van der Waals surface area (Å²) >= 11 is 0. The van der Waals surface area contributed by atoms with Gasteiger partial charge in [0.2, 0.25) is 0 Å². The van der Waals surface area contributed by atoms with E-state index in [9.17, 15) is 9.59 Å². The molecule has 1 aromatic carbocycles. The molecule has 1 aliphatic rings. The number of benzene rings is 1. The number of esters is 1. The van der Waals surface area contributed by atoms with Crippen LogP contribution in [-0.4, -0.2) is 49.5 Å². The zero-order valence-corrected chi connectivity index (χ0v) is 12.5. The van der Waals surface area contributed by atoms with Gasteiger partial charge in [0.1, 0.15) is 11.9 Å². The van der Waals surface area contributed by atoms with Gasteiger partial charge >= 0.3 is 5.97 Å². The molecule has 0 saturated carbocycles. The van der Waals surface area contributed by atoms with Gasteiger partial charge in [-0.2, -0.15) is 0 Å².